The van der Waals surface area contributed by atoms with Crippen LogP contribution in [0.3, 0.4) is 0 Å². The molecule has 98 valence electrons. The molecule has 1 N–H and O–H groups in total. The first-order valence-corrected chi connectivity index (χ1v) is 6.09. The maximum Gasteiger partial charge on any atom is 0.232 e. The van der Waals surface area contributed by atoms with Crippen molar-refractivity contribution < 1.29 is 0 Å². The number of anilines is 2. The third-order valence-electron chi connectivity index (χ3n) is 2.00. The molecule has 0 aromatic carbocycles. The van der Waals surface area contributed by atoms with Crippen LogP contribution < -0.4 is 10.2 Å². The Bertz CT molecular complexity index is 409. The number of aromatic nitrogens is 3. The Hall–Kier alpha value is -1.62. The minimum atomic E-state index is 0.168. The van der Waals surface area contributed by atoms with E-state index < -0.39 is 0 Å². The van der Waals surface area contributed by atoms with Gasteiger partial charge in [-0.25, -0.2) is 0 Å². The van der Waals surface area contributed by atoms with Crippen molar-refractivity contribution in [3.8, 4) is 0 Å². The van der Waals surface area contributed by atoms with Gasteiger partial charge >= 0.3 is 0 Å². The minimum Gasteiger partial charge on any atom is -0.352 e. The summed E-state index contributed by atoms with van der Waals surface area (Å²) in [5, 5.41) is 3.27. The highest BCUT2D eigenvalue weighted by Gasteiger charge is 2.11. The molecular formula is C12H18ClN5. The lowest BCUT2D eigenvalue weighted by Gasteiger charge is -2.19. The van der Waals surface area contributed by atoms with Gasteiger partial charge in [0.25, 0.3) is 0 Å². The highest BCUT2D eigenvalue weighted by Crippen LogP contribution is 2.14. The summed E-state index contributed by atoms with van der Waals surface area (Å²) in [6, 6.07) is 0.226. The van der Waals surface area contributed by atoms with Gasteiger partial charge in [0.1, 0.15) is 0 Å². The molecule has 18 heavy (non-hydrogen) atoms. The predicted molar refractivity (Wildman–Crippen MR) is 76.2 cm³/mol. The van der Waals surface area contributed by atoms with Gasteiger partial charge in [0.2, 0.25) is 17.2 Å². The van der Waals surface area contributed by atoms with Crippen molar-refractivity contribution in [2.75, 3.05) is 23.3 Å². The molecule has 5 nitrogen and oxygen atoms in total. The number of nitrogens with zero attached hydrogens (tertiary/aromatic N) is 4. The molecule has 6 heteroatoms. The van der Waals surface area contributed by atoms with Crippen molar-refractivity contribution >= 4 is 23.5 Å². The van der Waals surface area contributed by atoms with Gasteiger partial charge < -0.3 is 10.2 Å². The third-order valence-corrected chi connectivity index (χ3v) is 2.16. The van der Waals surface area contributed by atoms with Crippen LogP contribution in [0.15, 0.2) is 25.3 Å². The molecule has 0 unspecified atom stereocenters. The summed E-state index contributed by atoms with van der Waals surface area (Å²) in [6.07, 6.45) is 3.55. The van der Waals surface area contributed by atoms with Gasteiger partial charge in [-0.3, -0.25) is 0 Å². The molecule has 1 heterocycles. The lowest BCUT2D eigenvalue weighted by Crippen LogP contribution is -2.26. The van der Waals surface area contributed by atoms with Crippen LogP contribution in [0.2, 0.25) is 5.28 Å². The Morgan fingerprint density at radius 3 is 2.33 bits per heavy atom. The van der Waals surface area contributed by atoms with E-state index in [2.05, 4.69) is 33.4 Å². The Morgan fingerprint density at radius 2 is 1.83 bits per heavy atom. The summed E-state index contributed by atoms with van der Waals surface area (Å²) in [5.41, 5.74) is 0. The molecule has 1 aromatic rings. The lowest BCUT2D eigenvalue weighted by molar-refractivity contribution is 0.839. The Labute approximate surface area is 113 Å². The molecule has 0 bridgehead atoms. The van der Waals surface area contributed by atoms with Crippen molar-refractivity contribution in [2.45, 2.75) is 19.9 Å². The van der Waals surface area contributed by atoms with Crippen molar-refractivity contribution in [3.63, 3.8) is 0 Å². The molecule has 0 aliphatic heterocycles. The molecular weight excluding hydrogens is 250 g/mol. The molecule has 0 radical (unpaired) electrons. The summed E-state index contributed by atoms with van der Waals surface area (Å²) in [5.74, 6) is 0.982. The zero-order valence-corrected chi connectivity index (χ0v) is 11.5. The van der Waals surface area contributed by atoms with Crippen LogP contribution in [0.25, 0.3) is 0 Å². The summed E-state index contributed by atoms with van der Waals surface area (Å²) >= 11 is 5.90. The third kappa shape index (κ3) is 4.33. The zero-order chi connectivity index (χ0) is 13.5. The average molecular weight is 268 g/mol. The van der Waals surface area contributed by atoms with Gasteiger partial charge in [0.05, 0.1) is 0 Å². The van der Waals surface area contributed by atoms with E-state index in [-0.39, 0.29) is 11.3 Å². The first-order chi connectivity index (χ1) is 8.56. The first kappa shape index (κ1) is 14.4. The summed E-state index contributed by atoms with van der Waals surface area (Å²) < 4.78 is 0. The number of rotatable bonds is 7. The normalized spacial score (nSPS) is 10.2. The van der Waals surface area contributed by atoms with Crippen molar-refractivity contribution in [3.05, 3.63) is 30.6 Å². The topological polar surface area (TPSA) is 53.9 Å². The van der Waals surface area contributed by atoms with Gasteiger partial charge in [0, 0.05) is 19.1 Å². The maximum atomic E-state index is 5.90. The van der Waals surface area contributed by atoms with E-state index >= 15 is 0 Å². The standard InChI is InChI=1S/C12H18ClN5/c1-5-7-18(8-6-2)12-16-10(13)15-11(17-12)14-9(3)4/h5-6,9H,1-2,7-8H2,3-4H3,(H,14,15,16,17). The molecule has 0 spiro atoms. The first-order valence-electron chi connectivity index (χ1n) is 5.71. The van der Waals surface area contributed by atoms with E-state index in [1.165, 1.54) is 0 Å². The average Bonchev–Trinajstić information content (AvgIpc) is 2.27. The van der Waals surface area contributed by atoms with Crippen LogP contribution in [0.5, 0.6) is 0 Å². The second-order valence-electron chi connectivity index (χ2n) is 4.01. The molecule has 0 aliphatic rings. The van der Waals surface area contributed by atoms with Crippen molar-refractivity contribution in [1.29, 1.82) is 0 Å². The smallest absolute Gasteiger partial charge is 0.232 e. The van der Waals surface area contributed by atoms with E-state index in [1.54, 1.807) is 12.2 Å². The fourth-order valence-electron chi connectivity index (χ4n) is 1.35. The van der Waals surface area contributed by atoms with Crippen molar-refractivity contribution in [1.82, 2.24) is 15.0 Å². The van der Waals surface area contributed by atoms with Crippen LogP contribution >= 0.6 is 11.6 Å². The number of halogens is 1. The second-order valence-corrected chi connectivity index (χ2v) is 4.35. The van der Waals surface area contributed by atoms with E-state index in [9.17, 15) is 0 Å². The zero-order valence-electron chi connectivity index (χ0n) is 10.7. The molecule has 1 rings (SSSR count). The monoisotopic (exact) mass is 267 g/mol. The second kappa shape index (κ2) is 6.96. The predicted octanol–water partition coefficient (Wildman–Crippen LogP) is 2.52. The van der Waals surface area contributed by atoms with Crippen LogP contribution in [0.1, 0.15) is 13.8 Å². The molecule has 0 fully saturated rings. The van der Waals surface area contributed by atoms with Crippen molar-refractivity contribution in [2.24, 2.45) is 0 Å². The number of hydrogen-bond donors (Lipinski definition) is 1. The van der Waals surface area contributed by atoms with Crippen LogP contribution in [-0.2, 0) is 0 Å². The van der Waals surface area contributed by atoms with Crippen LogP contribution in [-0.4, -0.2) is 34.1 Å². The van der Waals surface area contributed by atoms with Crippen LogP contribution in [0, 0.1) is 0 Å². The summed E-state index contributed by atoms with van der Waals surface area (Å²) in [4.78, 5) is 14.4. The Morgan fingerprint density at radius 1 is 1.22 bits per heavy atom. The van der Waals surface area contributed by atoms with Crippen LogP contribution in [0.4, 0.5) is 11.9 Å². The molecule has 0 atom stereocenters. The van der Waals surface area contributed by atoms with E-state index in [0.29, 0.717) is 25.0 Å². The SMILES string of the molecule is C=CCN(CC=C)c1nc(Cl)nc(NC(C)C)n1. The van der Waals surface area contributed by atoms with E-state index in [0.717, 1.165) is 0 Å². The Balaban J connectivity index is 3.01. The van der Waals surface area contributed by atoms with Gasteiger partial charge in [-0.1, -0.05) is 12.2 Å². The van der Waals surface area contributed by atoms with Gasteiger partial charge in [-0.05, 0) is 25.4 Å². The van der Waals surface area contributed by atoms with E-state index in [1.807, 2.05) is 18.7 Å². The maximum absolute atomic E-state index is 5.90. The quantitative estimate of drug-likeness (QED) is 0.770. The van der Waals surface area contributed by atoms with Gasteiger partial charge in [-0.2, -0.15) is 15.0 Å². The molecule has 0 saturated carbocycles. The lowest BCUT2D eigenvalue weighted by atomic mass is 10.4. The summed E-state index contributed by atoms with van der Waals surface area (Å²) in [7, 11) is 0. The highest BCUT2D eigenvalue weighted by atomic mass is 35.5. The molecule has 1 aromatic heterocycles. The Kier molecular flexibility index (Phi) is 5.58. The fourth-order valence-corrected chi connectivity index (χ4v) is 1.51. The molecule has 0 saturated heterocycles. The number of hydrogen-bond acceptors (Lipinski definition) is 5. The number of nitrogens with one attached hydrogen (secondary N) is 1. The van der Waals surface area contributed by atoms with E-state index in [4.69, 9.17) is 11.6 Å². The fraction of sp³-hybridized carbons (Fsp3) is 0.417. The molecule has 0 aliphatic carbocycles. The molecule has 0 amide bonds. The van der Waals surface area contributed by atoms with Gasteiger partial charge in [0.15, 0.2) is 0 Å². The van der Waals surface area contributed by atoms with Gasteiger partial charge in [-0.15, -0.1) is 13.2 Å². The summed E-state index contributed by atoms with van der Waals surface area (Å²) in [6.45, 7) is 12.7. The largest absolute Gasteiger partial charge is 0.352 e. The highest BCUT2D eigenvalue weighted by molar-refractivity contribution is 6.28. The minimum absolute atomic E-state index is 0.168.